The quantitative estimate of drug-likeness (QED) is 0.911. The fourth-order valence-corrected chi connectivity index (χ4v) is 3.15. The summed E-state index contributed by atoms with van der Waals surface area (Å²) < 4.78 is 5.31. The molecule has 1 aliphatic rings. The Bertz CT molecular complexity index is 671. The van der Waals surface area contributed by atoms with Crippen LogP contribution < -0.4 is 15.8 Å². The van der Waals surface area contributed by atoms with Gasteiger partial charge >= 0.3 is 0 Å². The van der Waals surface area contributed by atoms with Gasteiger partial charge in [-0.05, 0) is 50.3 Å². The van der Waals surface area contributed by atoms with Crippen LogP contribution in [0.25, 0.3) is 10.9 Å². The van der Waals surface area contributed by atoms with Crippen molar-refractivity contribution in [3.05, 3.63) is 24.5 Å². The number of benzene rings is 1. The van der Waals surface area contributed by atoms with Gasteiger partial charge < -0.3 is 15.8 Å². The molecule has 0 saturated heterocycles. The number of hydrogen-bond acceptors (Lipinski definition) is 5. The van der Waals surface area contributed by atoms with Crippen molar-refractivity contribution < 1.29 is 4.74 Å². The largest absolute Gasteiger partial charge is 0.497 e. The average Bonchev–Trinajstić information content (AvgIpc) is 2.51. The fourth-order valence-electron chi connectivity index (χ4n) is 3.15. The zero-order valence-electron chi connectivity index (χ0n) is 13.5. The first-order chi connectivity index (χ1) is 10.5. The molecule has 0 aliphatic heterocycles. The van der Waals surface area contributed by atoms with Crippen LogP contribution in [-0.4, -0.2) is 28.7 Å². The van der Waals surface area contributed by atoms with Gasteiger partial charge in [0.2, 0.25) is 0 Å². The molecule has 118 valence electrons. The topological polar surface area (TPSA) is 73.1 Å². The van der Waals surface area contributed by atoms with Gasteiger partial charge in [-0.15, -0.1) is 0 Å². The molecule has 1 aromatic heterocycles. The summed E-state index contributed by atoms with van der Waals surface area (Å²) in [4.78, 5) is 8.75. The summed E-state index contributed by atoms with van der Waals surface area (Å²) in [6, 6.07) is 6.26. The van der Waals surface area contributed by atoms with Gasteiger partial charge in [0.1, 0.15) is 17.9 Å². The van der Waals surface area contributed by atoms with E-state index in [9.17, 15) is 0 Å². The lowest BCUT2D eigenvalue weighted by atomic mass is 9.73. The molecule has 22 heavy (non-hydrogen) atoms. The van der Waals surface area contributed by atoms with E-state index in [0.717, 1.165) is 41.7 Å². The lowest BCUT2D eigenvalue weighted by molar-refractivity contribution is 0.214. The first kappa shape index (κ1) is 15.0. The molecule has 1 fully saturated rings. The minimum absolute atomic E-state index is 0.0604. The summed E-state index contributed by atoms with van der Waals surface area (Å²) in [6.07, 6.45) is 4.75. The van der Waals surface area contributed by atoms with E-state index in [1.54, 1.807) is 13.4 Å². The molecule has 1 unspecified atom stereocenters. The van der Waals surface area contributed by atoms with Gasteiger partial charge in [0.05, 0.1) is 12.6 Å². The first-order valence-corrected chi connectivity index (χ1v) is 7.84. The van der Waals surface area contributed by atoms with Crippen LogP contribution in [0.2, 0.25) is 0 Å². The van der Waals surface area contributed by atoms with Crippen LogP contribution in [0.1, 0.15) is 33.1 Å². The van der Waals surface area contributed by atoms with Crippen molar-refractivity contribution in [1.82, 2.24) is 9.97 Å². The molecule has 0 radical (unpaired) electrons. The molecular formula is C17H24N4O. The van der Waals surface area contributed by atoms with E-state index < -0.39 is 0 Å². The Balaban J connectivity index is 1.85. The Morgan fingerprint density at radius 3 is 2.91 bits per heavy atom. The molecule has 1 aromatic carbocycles. The van der Waals surface area contributed by atoms with E-state index in [2.05, 4.69) is 29.1 Å². The second-order valence-electron chi connectivity index (χ2n) is 6.63. The lowest BCUT2D eigenvalue weighted by Crippen LogP contribution is -2.49. The van der Waals surface area contributed by atoms with Crippen molar-refractivity contribution in [3.63, 3.8) is 0 Å². The van der Waals surface area contributed by atoms with Crippen molar-refractivity contribution in [2.24, 2.45) is 11.7 Å². The van der Waals surface area contributed by atoms with E-state index >= 15 is 0 Å². The van der Waals surface area contributed by atoms with Gasteiger partial charge in [0, 0.05) is 17.0 Å². The number of anilines is 1. The van der Waals surface area contributed by atoms with Gasteiger partial charge in [0.15, 0.2) is 0 Å². The minimum Gasteiger partial charge on any atom is -0.497 e. The van der Waals surface area contributed by atoms with Crippen molar-refractivity contribution in [2.45, 2.75) is 44.7 Å². The fraction of sp³-hybridized carbons (Fsp3) is 0.529. The van der Waals surface area contributed by atoms with Gasteiger partial charge in [0.25, 0.3) is 0 Å². The van der Waals surface area contributed by atoms with Crippen molar-refractivity contribution in [1.29, 1.82) is 0 Å². The molecule has 3 N–H and O–H groups in total. The molecule has 5 heteroatoms. The number of nitrogens with one attached hydrogen (secondary N) is 1. The predicted octanol–water partition coefficient (Wildman–Crippen LogP) is 2.96. The van der Waals surface area contributed by atoms with E-state index in [1.807, 2.05) is 18.2 Å². The van der Waals surface area contributed by atoms with Crippen LogP contribution in [0, 0.1) is 5.92 Å². The lowest BCUT2D eigenvalue weighted by Gasteiger charge is -2.40. The van der Waals surface area contributed by atoms with Crippen LogP contribution in [0.4, 0.5) is 5.82 Å². The summed E-state index contributed by atoms with van der Waals surface area (Å²) >= 11 is 0. The van der Waals surface area contributed by atoms with Crippen LogP contribution in [-0.2, 0) is 0 Å². The summed E-state index contributed by atoms with van der Waals surface area (Å²) in [5.41, 5.74) is 7.20. The summed E-state index contributed by atoms with van der Waals surface area (Å²) in [5.74, 6) is 2.18. The molecule has 1 saturated carbocycles. The Morgan fingerprint density at radius 1 is 1.36 bits per heavy atom. The molecule has 2 aromatic rings. The van der Waals surface area contributed by atoms with E-state index in [0.29, 0.717) is 12.0 Å². The first-order valence-electron chi connectivity index (χ1n) is 7.84. The normalized spacial score (nSPS) is 28.5. The number of methoxy groups -OCH3 is 1. The van der Waals surface area contributed by atoms with E-state index in [4.69, 9.17) is 10.5 Å². The number of aromatic nitrogens is 2. The van der Waals surface area contributed by atoms with Gasteiger partial charge in [-0.25, -0.2) is 9.97 Å². The van der Waals surface area contributed by atoms with Gasteiger partial charge in [-0.3, -0.25) is 0 Å². The molecule has 5 nitrogen and oxygen atoms in total. The predicted molar refractivity (Wildman–Crippen MR) is 89.1 cm³/mol. The van der Waals surface area contributed by atoms with Crippen LogP contribution in [0.15, 0.2) is 24.5 Å². The molecule has 1 heterocycles. The third kappa shape index (κ3) is 2.86. The number of ether oxygens (including phenoxy) is 1. The maximum absolute atomic E-state index is 6.34. The summed E-state index contributed by atoms with van der Waals surface area (Å²) in [6.45, 7) is 4.38. The number of rotatable bonds is 3. The van der Waals surface area contributed by atoms with Crippen molar-refractivity contribution in [3.8, 4) is 5.75 Å². The second kappa shape index (κ2) is 5.72. The maximum atomic E-state index is 6.34. The number of nitrogens with two attached hydrogens (primary N) is 1. The van der Waals surface area contributed by atoms with E-state index in [1.165, 1.54) is 0 Å². The molecule has 3 atom stereocenters. The van der Waals surface area contributed by atoms with Crippen LogP contribution in [0.3, 0.4) is 0 Å². The SMILES string of the molecule is COc1ccc2ncnc(NC3CC[C@@](C)(N)[C@H](C)C3)c2c1. The maximum Gasteiger partial charge on any atom is 0.137 e. The third-order valence-electron chi connectivity index (χ3n) is 4.98. The molecule has 0 amide bonds. The molecule has 3 rings (SSSR count). The monoisotopic (exact) mass is 300 g/mol. The average molecular weight is 300 g/mol. The van der Waals surface area contributed by atoms with Crippen molar-refractivity contribution >= 4 is 16.7 Å². The number of hydrogen-bond donors (Lipinski definition) is 2. The Morgan fingerprint density at radius 2 is 2.18 bits per heavy atom. The Labute approximate surface area is 131 Å². The molecular weight excluding hydrogens is 276 g/mol. The third-order valence-corrected chi connectivity index (χ3v) is 4.98. The number of fused-ring (bicyclic) bond motifs is 1. The second-order valence-corrected chi connectivity index (χ2v) is 6.63. The van der Waals surface area contributed by atoms with Crippen molar-refractivity contribution in [2.75, 3.05) is 12.4 Å². The minimum atomic E-state index is -0.0604. The highest BCUT2D eigenvalue weighted by Crippen LogP contribution is 2.33. The van der Waals surface area contributed by atoms with Crippen LogP contribution in [0.5, 0.6) is 5.75 Å². The van der Waals surface area contributed by atoms with Crippen LogP contribution >= 0.6 is 0 Å². The zero-order chi connectivity index (χ0) is 15.7. The zero-order valence-corrected chi connectivity index (χ0v) is 13.5. The van der Waals surface area contributed by atoms with E-state index in [-0.39, 0.29) is 5.54 Å². The summed E-state index contributed by atoms with van der Waals surface area (Å²) in [5, 5.41) is 4.58. The summed E-state index contributed by atoms with van der Waals surface area (Å²) in [7, 11) is 1.67. The standard InChI is InChI=1S/C17H24N4O/c1-11-8-12(6-7-17(11,2)18)21-16-14-9-13(22-3)4-5-15(14)19-10-20-16/h4-5,9-12H,6-8,18H2,1-3H3,(H,19,20,21)/t11-,12?,17-/m1/s1. The highest BCUT2D eigenvalue weighted by Gasteiger charge is 2.34. The molecule has 1 aliphatic carbocycles. The molecule has 0 spiro atoms. The molecule has 0 bridgehead atoms. The highest BCUT2D eigenvalue weighted by atomic mass is 16.5. The Kier molecular flexibility index (Phi) is 3.91. The smallest absolute Gasteiger partial charge is 0.137 e. The Hall–Kier alpha value is -1.88. The highest BCUT2D eigenvalue weighted by molar-refractivity contribution is 5.90. The number of nitrogens with zero attached hydrogens (tertiary/aromatic N) is 2. The van der Waals surface area contributed by atoms with Gasteiger partial charge in [-0.1, -0.05) is 6.92 Å². The van der Waals surface area contributed by atoms with Gasteiger partial charge in [-0.2, -0.15) is 0 Å².